The van der Waals surface area contributed by atoms with E-state index >= 15 is 0 Å². The highest BCUT2D eigenvalue weighted by Gasteiger charge is 2.31. The van der Waals surface area contributed by atoms with Crippen LogP contribution in [0.4, 0.5) is 28.0 Å². The number of nitrogens with zero attached hydrogens (tertiary/aromatic N) is 1. The molecule has 0 bridgehead atoms. The van der Waals surface area contributed by atoms with Crippen LogP contribution in [0.1, 0.15) is 11.1 Å². The van der Waals surface area contributed by atoms with E-state index in [1.54, 1.807) is 0 Å². The van der Waals surface area contributed by atoms with Gasteiger partial charge in [-0.25, -0.2) is 14.2 Å². The Labute approximate surface area is 143 Å². The lowest BCUT2D eigenvalue weighted by molar-refractivity contribution is -0.137. The minimum Gasteiger partial charge on any atom is -0.334 e. The van der Waals surface area contributed by atoms with Gasteiger partial charge in [0.15, 0.2) is 0 Å². The van der Waals surface area contributed by atoms with Crippen LogP contribution in [0.5, 0.6) is 0 Å². The van der Waals surface area contributed by atoms with E-state index in [4.69, 9.17) is 23.2 Å². The van der Waals surface area contributed by atoms with Crippen LogP contribution in [-0.2, 0) is 12.7 Å². The van der Waals surface area contributed by atoms with Gasteiger partial charge in [0.2, 0.25) is 0 Å². The summed E-state index contributed by atoms with van der Waals surface area (Å²) in [4.78, 5) is 15.4. The fourth-order valence-electron chi connectivity index (χ4n) is 1.75. The Morgan fingerprint density at radius 1 is 1.12 bits per heavy atom. The summed E-state index contributed by atoms with van der Waals surface area (Å²) in [5.74, 6) is -1.07. The monoisotopic (exact) mass is 381 g/mol. The number of amides is 2. The van der Waals surface area contributed by atoms with Crippen molar-refractivity contribution >= 4 is 34.9 Å². The Bertz CT molecular complexity index is 748. The van der Waals surface area contributed by atoms with Crippen molar-refractivity contribution in [2.24, 2.45) is 0 Å². The Balaban J connectivity index is 1.99. The number of urea groups is 1. The average molecular weight is 382 g/mol. The highest BCUT2D eigenvalue weighted by atomic mass is 35.5. The quantitative estimate of drug-likeness (QED) is 0.588. The second-order valence-corrected chi connectivity index (χ2v) is 5.39. The Kier molecular flexibility index (Phi) is 5.51. The van der Waals surface area contributed by atoms with E-state index in [1.807, 2.05) is 0 Å². The third kappa shape index (κ3) is 4.97. The van der Waals surface area contributed by atoms with Crippen LogP contribution in [0.15, 0.2) is 30.3 Å². The third-order valence-electron chi connectivity index (χ3n) is 2.84. The summed E-state index contributed by atoms with van der Waals surface area (Å²) in [6.45, 7) is -0.303. The summed E-state index contributed by atoms with van der Waals surface area (Å²) in [5, 5.41) is 4.82. The summed E-state index contributed by atoms with van der Waals surface area (Å²) in [6, 6.07) is 4.03. The van der Waals surface area contributed by atoms with Crippen LogP contribution in [0, 0.1) is 5.82 Å². The van der Waals surface area contributed by atoms with Gasteiger partial charge >= 0.3 is 12.2 Å². The molecule has 0 aliphatic carbocycles. The van der Waals surface area contributed by atoms with Gasteiger partial charge in [-0.1, -0.05) is 29.3 Å². The van der Waals surface area contributed by atoms with Gasteiger partial charge in [0, 0.05) is 17.8 Å². The Morgan fingerprint density at radius 3 is 2.29 bits per heavy atom. The van der Waals surface area contributed by atoms with E-state index in [0.717, 1.165) is 12.1 Å². The number of alkyl halides is 3. The Hall–Kier alpha value is -2.06. The molecule has 0 spiro atoms. The summed E-state index contributed by atoms with van der Waals surface area (Å²) >= 11 is 11.3. The van der Waals surface area contributed by atoms with Gasteiger partial charge in [0.05, 0.1) is 5.56 Å². The first-order valence-electron chi connectivity index (χ1n) is 6.39. The molecule has 1 aromatic heterocycles. The van der Waals surface area contributed by atoms with Crippen molar-refractivity contribution in [2.45, 2.75) is 12.7 Å². The maximum absolute atomic E-state index is 13.6. The molecular formula is C14H9Cl2F4N3O. The number of aromatic nitrogens is 1. The molecule has 4 nitrogen and oxygen atoms in total. The molecular weight excluding hydrogens is 373 g/mol. The number of nitrogens with one attached hydrogen (secondary N) is 2. The number of halogens is 6. The van der Waals surface area contributed by atoms with Crippen molar-refractivity contribution in [2.75, 3.05) is 5.32 Å². The first-order valence-corrected chi connectivity index (χ1v) is 7.14. The number of anilines is 1. The molecule has 0 radical (unpaired) electrons. The van der Waals surface area contributed by atoms with E-state index in [0.29, 0.717) is 6.07 Å². The number of benzene rings is 1. The molecule has 24 heavy (non-hydrogen) atoms. The Morgan fingerprint density at radius 2 is 1.75 bits per heavy atom. The smallest absolute Gasteiger partial charge is 0.334 e. The number of carbonyl (C=O) groups is 1. The van der Waals surface area contributed by atoms with Crippen molar-refractivity contribution in [1.29, 1.82) is 0 Å². The summed E-state index contributed by atoms with van der Waals surface area (Å²) in [5.41, 5.74) is -0.941. The van der Waals surface area contributed by atoms with E-state index < -0.39 is 23.6 Å². The summed E-state index contributed by atoms with van der Waals surface area (Å²) < 4.78 is 51.0. The molecule has 1 heterocycles. The van der Waals surface area contributed by atoms with Gasteiger partial charge in [-0.15, -0.1) is 0 Å². The number of rotatable bonds is 3. The van der Waals surface area contributed by atoms with Gasteiger partial charge in [-0.3, -0.25) is 0 Å². The topological polar surface area (TPSA) is 54.0 Å². The molecule has 10 heteroatoms. The van der Waals surface area contributed by atoms with Gasteiger partial charge in [-0.2, -0.15) is 13.2 Å². The predicted octanol–water partition coefficient (Wildman–Crippen LogP) is 4.87. The molecule has 0 saturated heterocycles. The maximum atomic E-state index is 13.6. The lowest BCUT2D eigenvalue weighted by Crippen LogP contribution is -2.28. The number of carbonyl (C=O) groups excluding carboxylic acids is 1. The van der Waals surface area contributed by atoms with Crippen molar-refractivity contribution < 1.29 is 22.4 Å². The van der Waals surface area contributed by atoms with E-state index in [2.05, 4.69) is 15.6 Å². The summed E-state index contributed by atoms with van der Waals surface area (Å²) in [6.07, 6.45) is -4.63. The van der Waals surface area contributed by atoms with Crippen LogP contribution in [0.25, 0.3) is 0 Å². The zero-order valence-corrected chi connectivity index (χ0v) is 13.2. The maximum Gasteiger partial charge on any atom is 0.416 e. The standard InChI is InChI=1S/C14H9Cl2F4N3O/c15-11-4-9(5-12(16)23-11)22-13(24)21-6-7-1-2-8(3-10(7)17)14(18,19)20/h1-5H,6H2,(H2,21,22,23,24). The first-order chi connectivity index (χ1) is 11.1. The summed E-state index contributed by atoms with van der Waals surface area (Å²) in [7, 11) is 0. The molecule has 2 aromatic rings. The molecule has 0 aliphatic rings. The van der Waals surface area contributed by atoms with Crippen molar-refractivity contribution in [1.82, 2.24) is 10.3 Å². The molecule has 0 fully saturated rings. The van der Waals surface area contributed by atoms with Gasteiger partial charge in [0.25, 0.3) is 0 Å². The van der Waals surface area contributed by atoms with Crippen LogP contribution in [-0.4, -0.2) is 11.0 Å². The normalized spacial score (nSPS) is 11.2. The molecule has 2 N–H and O–H groups in total. The van der Waals surface area contributed by atoms with Gasteiger partial charge in [0.1, 0.15) is 16.1 Å². The van der Waals surface area contributed by atoms with Crippen molar-refractivity contribution in [3.63, 3.8) is 0 Å². The van der Waals surface area contributed by atoms with E-state index in [9.17, 15) is 22.4 Å². The molecule has 0 aliphatic heterocycles. The molecule has 2 amide bonds. The predicted molar refractivity (Wildman–Crippen MR) is 81.5 cm³/mol. The molecule has 2 rings (SSSR count). The first kappa shape index (κ1) is 18.3. The van der Waals surface area contributed by atoms with Crippen LogP contribution in [0.3, 0.4) is 0 Å². The highest BCUT2D eigenvalue weighted by molar-refractivity contribution is 6.32. The van der Waals surface area contributed by atoms with E-state index in [1.165, 1.54) is 12.1 Å². The van der Waals surface area contributed by atoms with Crippen LogP contribution >= 0.6 is 23.2 Å². The highest BCUT2D eigenvalue weighted by Crippen LogP contribution is 2.30. The molecule has 0 atom stereocenters. The lowest BCUT2D eigenvalue weighted by Gasteiger charge is -2.11. The van der Waals surface area contributed by atoms with Crippen LogP contribution in [0.2, 0.25) is 10.3 Å². The lowest BCUT2D eigenvalue weighted by atomic mass is 10.1. The second kappa shape index (κ2) is 7.23. The number of hydrogen-bond donors (Lipinski definition) is 2. The second-order valence-electron chi connectivity index (χ2n) is 4.61. The fourth-order valence-corrected chi connectivity index (χ4v) is 2.22. The molecule has 0 saturated carbocycles. The molecule has 1 aromatic carbocycles. The van der Waals surface area contributed by atoms with Crippen molar-refractivity contribution in [3.05, 3.63) is 57.6 Å². The average Bonchev–Trinajstić information content (AvgIpc) is 2.43. The largest absolute Gasteiger partial charge is 0.416 e. The van der Waals surface area contributed by atoms with Gasteiger partial charge < -0.3 is 10.6 Å². The van der Waals surface area contributed by atoms with Gasteiger partial charge in [-0.05, 0) is 24.3 Å². The molecule has 0 unspecified atom stereocenters. The minimum absolute atomic E-state index is 0.0617. The minimum atomic E-state index is -4.63. The number of hydrogen-bond acceptors (Lipinski definition) is 2. The SMILES string of the molecule is O=C(NCc1ccc(C(F)(F)F)cc1F)Nc1cc(Cl)nc(Cl)c1. The van der Waals surface area contributed by atoms with Crippen molar-refractivity contribution in [3.8, 4) is 0 Å². The number of pyridine rings is 1. The van der Waals surface area contributed by atoms with E-state index in [-0.39, 0.29) is 28.1 Å². The zero-order chi connectivity index (χ0) is 17.9. The van der Waals surface area contributed by atoms with Crippen LogP contribution < -0.4 is 10.6 Å². The zero-order valence-electron chi connectivity index (χ0n) is 11.7. The third-order valence-corrected chi connectivity index (χ3v) is 3.23. The molecule has 128 valence electrons. The fraction of sp³-hybridized carbons (Fsp3) is 0.143.